The topological polar surface area (TPSA) is 61.2 Å². The van der Waals surface area contributed by atoms with Gasteiger partial charge in [-0.05, 0) is 61.4 Å². The molecule has 1 heterocycles. The summed E-state index contributed by atoms with van der Waals surface area (Å²) < 4.78 is 30.5. The molecule has 0 unspecified atom stereocenters. The maximum absolute atomic E-state index is 11.8. The number of halogens is 2. The van der Waals surface area contributed by atoms with Crippen LogP contribution in [0.25, 0.3) is 16.9 Å². The number of hydrogen-bond acceptors (Lipinski definition) is 4. The van der Waals surface area contributed by atoms with Gasteiger partial charge in [0.25, 0.3) is 0 Å². The van der Waals surface area contributed by atoms with Gasteiger partial charge in [0.05, 0.1) is 28.4 Å². The van der Waals surface area contributed by atoms with Gasteiger partial charge in [0.1, 0.15) is 5.75 Å². The van der Waals surface area contributed by atoms with Gasteiger partial charge in [0, 0.05) is 10.6 Å². The Bertz CT molecular complexity index is 1060. The number of aromatic nitrogens is 2. The smallest absolute Gasteiger partial charge is 0.309 e. The van der Waals surface area contributed by atoms with E-state index in [2.05, 4.69) is 5.10 Å². The number of hydrogen-bond donors (Lipinski definition) is 0. The first-order valence-electron chi connectivity index (χ1n) is 8.33. The van der Waals surface area contributed by atoms with Crippen LogP contribution in [0, 0.1) is 6.92 Å². The Kier molecular flexibility index (Phi) is 5.79. The minimum Gasteiger partial charge on any atom is -0.382 e. The maximum atomic E-state index is 11.8. The van der Waals surface area contributed by atoms with E-state index in [1.54, 1.807) is 60.3 Å². The van der Waals surface area contributed by atoms with Crippen LogP contribution in [0.4, 0.5) is 0 Å². The number of nitrogens with zero attached hydrogens (tertiary/aromatic N) is 2. The first-order valence-corrected chi connectivity index (χ1v) is 10.7. The highest BCUT2D eigenvalue weighted by atomic mass is 35.5. The summed E-state index contributed by atoms with van der Waals surface area (Å²) in [6, 6.07) is 12.1. The third kappa shape index (κ3) is 4.46. The molecule has 0 fully saturated rings. The molecule has 0 aliphatic rings. The monoisotopic (exact) mass is 424 g/mol. The quantitative estimate of drug-likeness (QED) is 0.505. The zero-order chi connectivity index (χ0) is 19.6. The van der Waals surface area contributed by atoms with E-state index in [-0.39, 0.29) is 11.5 Å². The fourth-order valence-electron chi connectivity index (χ4n) is 2.72. The summed E-state index contributed by atoms with van der Waals surface area (Å²) in [5.41, 5.74) is 3.36. The molecule has 1 aromatic heterocycles. The summed E-state index contributed by atoms with van der Waals surface area (Å²) in [7, 11) is -3.57. The van der Waals surface area contributed by atoms with Gasteiger partial charge in [-0.1, -0.05) is 30.1 Å². The fourth-order valence-corrected chi connectivity index (χ4v) is 4.20. The molecule has 0 bridgehead atoms. The maximum Gasteiger partial charge on any atom is 0.309 e. The highest BCUT2D eigenvalue weighted by molar-refractivity contribution is 7.87. The van der Waals surface area contributed by atoms with Crippen LogP contribution in [-0.2, 0) is 10.1 Å². The normalized spacial score (nSPS) is 11.6. The highest BCUT2D eigenvalue weighted by Crippen LogP contribution is 2.31. The van der Waals surface area contributed by atoms with E-state index in [1.807, 2.05) is 6.92 Å². The Balaban J connectivity index is 1.97. The van der Waals surface area contributed by atoms with E-state index in [0.29, 0.717) is 22.2 Å². The van der Waals surface area contributed by atoms with Crippen molar-refractivity contribution in [2.24, 2.45) is 0 Å². The predicted molar refractivity (Wildman–Crippen MR) is 108 cm³/mol. The molecule has 3 rings (SSSR count). The van der Waals surface area contributed by atoms with Crippen molar-refractivity contribution >= 4 is 33.3 Å². The summed E-state index contributed by atoms with van der Waals surface area (Å²) in [5, 5.41) is 5.45. The lowest BCUT2D eigenvalue weighted by molar-refractivity contribution is 0.485. The summed E-state index contributed by atoms with van der Waals surface area (Å²) in [4.78, 5) is 0. The van der Waals surface area contributed by atoms with Gasteiger partial charge in [-0.15, -0.1) is 0 Å². The van der Waals surface area contributed by atoms with E-state index in [9.17, 15) is 8.42 Å². The van der Waals surface area contributed by atoms with Crippen molar-refractivity contribution in [1.29, 1.82) is 0 Å². The minimum absolute atomic E-state index is 0.0182. The molecular formula is C19H18Cl2N2O3S. The van der Waals surface area contributed by atoms with E-state index in [4.69, 9.17) is 27.4 Å². The van der Waals surface area contributed by atoms with Crippen LogP contribution in [0.1, 0.15) is 18.9 Å². The number of benzene rings is 2. The lowest BCUT2D eigenvalue weighted by Gasteiger charge is -2.12. The molecule has 5 nitrogen and oxygen atoms in total. The Morgan fingerprint density at radius 3 is 2.44 bits per heavy atom. The zero-order valence-corrected chi connectivity index (χ0v) is 17.1. The van der Waals surface area contributed by atoms with Crippen LogP contribution in [0.3, 0.4) is 0 Å². The second-order valence-electron chi connectivity index (χ2n) is 6.05. The standard InChI is InChI=1S/C19H18Cl2N2O3S/c1-3-10-27(24,25)26-16-7-4-14(5-8-16)19-13(2)12-22-23(19)18-9-6-15(20)11-17(18)21/h4-9,11-12H,3,10H2,1-2H3. The number of rotatable bonds is 6. The largest absolute Gasteiger partial charge is 0.382 e. The Hall–Kier alpha value is -2.02. The van der Waals surface area contributed by atoms with Gasteiger partial charge < -0.3 is 4.18 Å². The lowest BCUT2D eigenvalue weighted by atomic mass is 10.1. The predicted octanol–water partition coefficient (Wildman–Crippen LogP) is 5.27. The van der Waals surface area contributed by atoms with Crippen LogP contribution < -0.4 is 4.18 Å². The zero-order valence-electron chi connectivity index (χ0n) is 14.8. The van der Waals surface area contributed by atoms with Crippen molar-refractivity contribution in [3.8, 4) is 22.7 Å². The van der Waals surface area contributed by atoms with Crippen molar-refractivity contribution in [3.63, 3.8) is 0 Å². The molecule has 142 valence electrons. The average Bonchev–Trinajstić information content (AvgIpc) is 2.96. The molecule has 0 radical (unpaired) electrons. The Labute approximate surface area is 168 Å². The van der Waals surface area contributed by atoms with Crippen molar-refractivity contribution < 1.29 is 12.6 Å². The Morgan fingerprint density at radius 1 is 1.11 bits per heavy atom. The highest BCUT2D eigenvalue weighted by Gasteiger charge is 2.16. The number of aryl methyl sites for hydroxylation is 1. The van der Waals surface area contributed by atoms with E-state index >= 15 is 0 Å². The van der Waals surface area contributed by atoms with Gasteiger partial charge >= 0.3 is 10.1 Å². The molecular weight excluding hydrogens is 407 g/mol. The van der Waals surface area contributed by atoms with Gasteiger partial charge in [-0.3, -0.25) is 0 Å². The fraction of sp³-hybridized carbons (Fsp3) is 0.211. The first kappa shape index (κ1) is 19.7. The van der Waals surface area contributed by atoms with Crippen LogP contribution in [0.15, 0.2) is 48.7 Å². The van der Waals surface area contributed by atoms with E-state index < -0.39 is 10.1 Å². The molecule has 0 aliphatic heterocycles. The first-order chi connectivity index (χ1) is 12.8. The van der Waals surface area contributed by atoms with E-state index in [0.717, 1.165) is 16.8 Å². The lowest BCUT2D eigenvalue weighted by Crippen LogP contribution is -2.12. The molecule has 0 atom stereocenters. The summed E-state index contributed by atoms with van der Waals surface area (Å²) in [6.45, 7) is 3.73. The van der Waals surface area contributed by atoms with E-state index in [1.165, 1.54) is 0 Å². The summed E-state index contributed by atoms with van der Waals surface area (Å²) in [6.07, 6.45) is 2.25. The van der Waals surface area contributed by atoms with Crippen molar-refractivity contribution in [3.05, 3.63) is 64.3 Å². The third-order valence-corrected chi connectivity index (χ3v) is 5.79. The second-order valence-corrected chi connectivity index (χ2v) is 8.59. The van der Waals surface area contributed by atoms with Crippen LogP contribution in [0.5, 0.6) is 5.75 Å². The minimum atomic E-state index is -3.57. The van der Waals surface area contributed by atoms with Crippen molar-refractivity contribution in [2.45, 2.75) is 20.3 Å². The van der Waals surface area contributed by atoms with Gasteiger partial charge in [-0.2, -0.15) is 13.5 Å². The van der Waals surface area contributed by atoms with Crippen molar-refractivity contribution in [1.82, 2.24) is 9.78 Å². The molecule has 0 saturated carbocycles. The van der Waals surface area contributed by atoms with Gasteiger partial charge in [0.15, 0.2) is 0 Å². The average molecular weight is 425 g/mol. The van der Waals surface area contributed by atoms with Gasteiger partial charge in [-0.25, -0.2) is 4.68 Å². The van der Waals surface area contributed by atoms with Crippen molar-refractivity contribution in [2.75, 3.05) is 5.75 Å². The molecule has 3 aromatic rings. The molecule has 2 aromatic carbocycles. The molecule has 8 heteroatoms. The molecule has 0 amide bonds. The van der Waals surface area contributed by atoms with Crippen LogP contribution in [0.2, 0.25) is 10.0 Å². The molecule has 0 aliphatic carbocycles. The molecule has 27 heavy (non-hydrogen) atoms. The van der Waals surface area contributed by atoms with Crippen LogP contribution >= 0.6 is 23.2 Å². The second kappa shape index (κ2) is 7.92. The third-order valence-electron chi connectivity index (χ3n) is 3.90. The molecule has 0 spiro atoms. The SMILES string of the molecule is CCCS(=O)(=O)Oc1ccc(-c2c(C)cnn2-c2ccc(Cl)cc2Cl)cc1. The van der Waals surface area contributed by atoms with Crippen LogP contribution in [-0.4, -0.2) is 24.0 Å². The summed E-state index contributed by atoms with van der Waals surface area (Å²) >= 11 is 12.3. The molecule has 0 saturated heterocycles. The molecule has 0 N–H and O–H groups in total. The van der Waals surface area contributed by atoms with Gasteiger partial charge in [0.2, 0.25) is 0 Å². The Morgan fingerprint density at radius 2 is 1.81 bits per heavy atom. The summed E-state index contributed by atoms with van der Waals surface area (Å²) in [5.74, 6) is 0.260.